The second kappa shape index (κ2) is 9.92. The molecule has 2 aliphatic carbocycles. The molecule has 33 heavy (non-hydrogen) atoms. The van der Waals surface area contributed by atoms with Gasteiger partial charge in [-0.1, -0.05) is 20.8 Å². The summed E-state index contributed by atoms with van der Waals surface area (Å²) >= 11 is 1.85. The third kappa shape index (κ3) is 5.63. The van der Waals surface area contributed by atoms with E-state index in [0.29, 0.717) is 12.0 Å². The Labute approximate surface area is 205 Å². The van der Waals surface area contributed by atoms with E-state index < -0.39 is 8.32 Å². The van der Waals surface area contributed by atoms with E-state index in [9.17, 15) is 0 Å². The Bertz CT molecular complexity index is 945. The van der Waals surface area contributed by atoms with Gasteiger partial charge in [-0.2, -0.15) is 0 Å². The van der Waals surface area contributed by atoms with Crippen LogP contribution in [-0.4, -0.2) is 56.0 Å². The molecule has 0 bridgehead atoms. The molecule has 5 nitrogen and oxygen atoms in total. The average molecular weight is 490 g/mol. The van der Waals surface area contributed by atoms with Crippen molar-refractivity contribution in [2.75, 3.05) is 20.7 Å². The fraction of sp³-hybridized carbons (Fsp3) is 0.769. The normalized spacial score (nSPS) is 24.3. The lowest BCUT2D eigenvalue weighted by molar-refractivity contribution is 0.108. The Morgan fingerprint density at radius 2 is 1.82 bits per heavy atom. The summed E-state index contributed by atoms with van der Waals surface area (Å²) in [4.78, 5) is 14.2. The molecule has 0 radical (unpaired) electrons. The molecule has 0 saturated heterocycles. The molecule has 0 aromatic carbocycles. The lowest BCUT2D eigenvalue weighted by Gasteiger charge is -2.36. The number of hydrogen-bond acceptors (Lipinski definition) is 6. The van der Waals surface area contributed by atoms with Gasteiger partial charge in [0, 0.05) is 17.5 Å². The van der Waals surface area contributed by atoms with E-state index in [0.717, 1.165) is 49.4 Å². The number of aryl methyl sites for hydroxylation is 1. The van der Waals surface area contributed by atoms with Gasteiger partial charge in [-0.15, -0.1) is 11.3 Å². The predicted octanol–water partition coefficient (Wildman–Crippen LogP) is 6.46. The van der Waals surface area contributed by atoms with Crippen LogP contribution in [0, 0.1) is 5.92 Å². The summed E-state index contributed by atoms with van der Waals surface area (Å²) in [6.07, 6.45) is 11.2. The number of ether oxygens (including phenoxy) is 1. The van der Waals surface area contributed by atoms with Crippen molar-refractivity contribution in [2.45, 2.75) is 102 Å². The van der Waals surface area contributed by atoms with Gasteiger partial charge in [0.25, 0.3) is 0 Å². The molecule has 2 aliphatic rings. The van der Waals surface area contributed by atoms with E-state index >= 15 is 0 Å². The Morgan fingerprint density at radius 3 is 2.48 bits per heavy atom. The maximum absolute atomic E-state index is 6.54. The van der Waals surface area contributed by atoms with Crippen molar-refractivity contribution < 1.29 is 9.16 Å². The van der Waals surface area contributed by atoms with Crippen molar-refractivity contribution in [2.24, 2.45) is 5.92 Å². The van der Waals surface area contributed by atoms with E-state index in [1.807, 2.05) is 11.3 Å². The quantitative estimate of drug-likeness (QED) is 0.418. The van der Waals surface area contributed by atoms with Crippen LogP contribution in [0.5, 0.6) is 5.88 Å². The van der Waals surface area contributed by atoms with Crippen LogP contribution in [0.1, 0.15) is 69.7 Å². The van der Waals surface area contributed by atoms with Crippen molar-refractivity contribution in [1.29, 1.82) is 0 Å². The molecule has 0 N–H and O–H groups in total. The SMILES string of the molecule is CN(C)C1CCC(Oc2ncnc3sc4c(c23)C[C@@H](CCO[Si](C)(C)C(C)(C)C)CC4)CC1. The zero-order valence-corrected chi connectivity index (χ0v) is 23.6. The maximum atomic E-state index is 6.54. The van der Waals surface area contributed by atoms with Gasteiger partial charge in [0.1, 0.15) is 17.3 Å². The number of fused-ring (bicyclic) bond motifs is 3. The molecule has 4 rings (SSSR count). The van der Waals surface area contributed by atoms with Crippen LogP contribution in [0.3, 0.4) is 0 Å². The largest absolute Gasteiger partial charge is 0.474 e. The number of rotatable bonds is 7. The number of nitrogens with zero attached hydrogens (tertiary/aromatic N) is 3. The van der Waals surface area contributed by atoms with Crippen LogP contribution in [-0.2, 0) is 17.3 Å². The highest BCUT2D eigenvalue weighted by Gasteiger charge is 2.37. The Hall–Kier alpha value is -1.02. The molecule has 0 amide bonds. The van der Waals surface area contributed by atoms with Crippen molar-refractivity contribution in [3.8, 4) is 5.88 Å². The van der Waals surface area contributed by atoms with Crippen molar-refractivity contribution in [3.05, 3.63) is 16.8 Å². The first-order valence-corrected chi connectivity index (χ1v) is 16.5. The van der Waals surface area contributed by atoms with Crippen molar-refractivity contribution in [3.63, 3.8) is 0 Å². The summed E-state index contributed by atoms with van der Waals surface area (Å²) < 4.78 is 13.0. The topological polar surface area (TPSA) is 47.5 Å². The summed E-state index contributed by atoms with van der Waals surface area (Å²) in [5, 5.41) is 1.47. The van der Waals surface area contributed by atoms with Crippen LogP contribution in [0.2, 0.25) is 18.1 Å². The minimum atomic E-state index is -1.68. The van der Waals surface area contributed by atoms with Gasteiger partial charge in [0.05, 0.1) is 5.39 Å². The Morgan fingerprint density at radius 1 is 1.09 bits per heavy atom. The first kappa shape index (κ1) is 25.1. The van der Waals surface area contributed by atoms with Crippen LogP contribution in [0.4, 0.5) is 0 Å². The zero-order valence-electron chi connectivity index (χ0n) is 21.7. The fourth-order valence-corrected chi connectivity index (χ4v) is 7.26. The van der Waals surface area contributed by atoms with E-state index in [1.165, 1.54) is 35.1 Å². The van der Waals surface area contributed by atoms with Crippen molar-refractivity contribution >= 4 is 29.9 Å². The van der Waals surface area contributed by atoms with E-state index in [1.54, 1.807) is 6.33 Å². The van der Waals surface area contributed by atoms with Crippen LogP contribution in [0.25, 0.3) is 10.2 Å². The molecule has 0 spiro atoms. The minimum Gasteiger partial charge on any atom is -0.474 e. The monoisotopic (exact) mass is 489 g/mol. The van der Waals surface area contributed by atoms with Gasteiger partial charge in [-0.3, -0.25) is 0 Å². The molecule has 0 unspecified atom stereocenters. The summed E-state index contributed by atoms with van der Waals surface area (Å²) in [6, 6.07) is 0.679. The summed E-state index contributed by atoms with van der Waals surface area (Å²) in [5.74, 6) is 1.49. The molecule has 2 heterocycles. The first-order chi connectivity index (χ1) is 15.5. The van der Waals surface area contributed by atoms with Gasteiger partial charge >= 0.3 is 0 Å². The Kier molecular flexibility index (Phi) is 7.54. The molecule has 7 heteroatoms. The van der Waals surface area contributed by atoms with Crippen molar-refractivity contribution in [1.82, 2.24) is 14.9 Å². The summed E-state index contributed by atoms with van der Waals surface area (Å²) in [5.41, 5.74) is 1.45. The van der Waals surface area contributed by atoms with Gasteiger partial charge in [0.15, 0.2) is 8.32 Å². The second-order valence-electron chi connectivity index (χ2n) is 11.9. The summed E-state index contributed by atoms with van der Waals surface area (Å²) in [6.45, 7) is 12.5. The number of aromatic nitrogens is 2. The highest BCUT2D eigenvalue weighted by Crippen LogP contribution is 2.42. The smallest absolute Gasteiger partial charge is 0.225 e. The van der Waals surface area contributed by atoms with Crippen LogP contribution < -0.4 is 4.74 Å². The Balaban J connectivity index is 1.43. The molecule has 184 valence electrons. The van der Waals surface area contributed by atoms with Gasteiger partial charge < -0.3 is 14.1 Å². The van der Waals surface area contributed by atoms with Gasteiger partial charge in [-0.25, -0.2) is 9.97 Å². The van der Waals surface area contributed by atoms with Crippen LogP contribution in [0.15, 0.2) is 6.33 Å². The van der Waals surface area contributed by atoms with E-state index in [-0.39, 0.29) is 11.1 Å². The molecule has 0 aliphatic heterocycles. The summed E-state index contributed by atoms with van der Waals surface area (Å²) in [7, 11) is 2.69. The third-order valence-corrected chi connectivity index (χ3v) is 14.1. The maximum Gasteiger partial charge on any atom is 0.225 e. The standard InChI is InChI=1S/C26H43N3O2SSi/c1-26(2,3)33(6,7)30-15-14-18-8-13-22-21(16-18)23-24(27-17-28-25(23)32-22)31-20-11-9-19(10-12-20)29(4)5/h17-20H,8-16H2,1-7H3/t18-,19?,20?/m1/s1. The van der Waals surface area contributed by atoms with E-state index in [2.05, 4.69) is 62.8 Å². The average Bonchev–Trinajstić information content (AvgIpc) is 3.12. The molecule has 2 aromatic rings. The molecule has 1 saturated carbocycles. The van der Waals surface area contributed by atoms with Gasteiger partial charge in [-0.05, 0) is 95.1 Å². The van der Waals surface area contributed by atoms with E-state index in [4.69, 9.17) is 9.16 Å². The van der Waals surface area contributed by atoms with Gasteiger partial charge in [0.2, 0.25) is 5.88 Å². The first-order valence-electron chi connectivity index (χ1n) is 12.8. The second-order valence-corrected chi connectivity index (χ2v) is 17.8. The molecule has 1 atom stereocenters. The predicted molar refractivity (Wildman–Crippen MR) is 141 cm³/mol. The molecule has 1 fully saturated rings. The lowest BCUT2D eigenvalue weighted by Crippen LogP contribution is -2.41. The fourth-order valence-electron chi connectivity index (χ4n) is 5.02. The minimum absolute atomic E-state index is 0.269. The zero-order chi connectivity index (χ0) is 23.8. The lowest BCUT2D eigenvalue weighted by atomic mass is 9.85. The molecular weight excluding hydrogens is 446 g/mol. The highest BCUT2D eigenvalue weighted by molar-refractivity contribution is 7.18. The molecule has 2 aromatic heterocycles. The van der Waals surface area contributed by atoms with Crippen LogP contribution >= 0.6 is 11.3 Å². The highest BCUT2D eigenvalue weighted by atomic mass is 32.1. The molecular formula is C26H43N3O2SSi. The third-order valence-electron chi connectivity index (χ3n) is 8.36. The number of hydrogen-bond donors (Lipinski definition) is 0. The number of thiophene rings is 1.